The Bertz CT molecular complexity index is 584. The van der Waals surface area contributed by atoms with Gasteiger partial charge < -0.3 is 16.0 Å². The van der Waals surface area contributed by atoms with Gasteiger partial charge in [0.2, 0.25) is 5.91 Å². The molecule has 1 aliphatic rings. The summed E-state index contributed by atoms with van der Waals surface area (Å²) in [5, 5.41) is 12.2. The highest BCUT2D eigenvalue weighted by Gasteiger charge is 2.23. The molecule has 2 rings (SSSR count). The highest BCUT2D eigenvalue weighted by Crippen LogP contribution is 2.23. The Morgan fingerprint density at radius 1 is 1.52 bits per heavy atom. The molecule has 1 fully saturated rings. The van der Waals surface area contributed by atoms with Crippen molar-refractivity contribution in [2.75, 3.05) is 30.0 Å². The Kier molecular flexibility index (Phi) is 7.21. The molecule has 124 valence electrons. The largest absolute Gasteiger partial charge is 0.384 e. The van der Waals surface area contributed by atoms with Crippen LogP contribution in [0.5, 0.6) is 0 Å². The fraction of sp³-hybridized carbons (Fsp3) is 0.500. The number of nitriles is 1. The van der Waals surface area contributed by atoms with E-state index in [4.69, 9.17) is 11.0 Å². The summed E-state index contributed by atoms with van der Waals surface area (Å²) in [4.78, 5) is 13.9. The molecule has 23 heavy (non-hydrogen) atoms. The summed E-state index contributed by atoms with van der Waals surface area (Å²) < 4.78 is 0.884. The molecular weight excluding hydrogens is 376 g/mol. The van der Waals surface area contributed by atoms with Crippen molar-refractivity contribution in [2.45, 2.75) is 25.3 Å². The van der Waals surface area contributed by atoms with Crippen molar-refractivity contribution in [3.05, 3.63) is 28.2 Å². The molecule has 1 heterocycles. The van der Waals surface area contributed by atoms with Gasteiger partial charge in [-0.3, -0.25) is 4.79 Å². The number of unbranched alkanes of at least 4 members (excludes halogenated alkanes) is 1. The van der Waals surface area contributed by atoms with Gasteiger partial charge >= 0.3 is 0 Å². The Labute approximate surface area is 149 Å². The number of amides is 1. The second kappa shape index (κ2) is 9.16. The van der Waals surface area contributed by atoms with Gasteiger partial charge in [0.25, 0.3) is 0 Å². The van der Waals surface area contributed by atoms with Crippen molar-refractivity contribution in [3.63, 3.8) is 0 Å². The number of thioether (sulfide) groups is 1. The van der Waals surface area contributed by atoms with Crippen LogP contribution in [-0.2, 0) is 4.79 Å². The number of benzene rings is 1. The van der Waals surface area contributed by atoms with Gasteiger partial charge in [-0.05, 0) is 53.4 Å². The second-order valence-corrected chi connectivity index (χ2v) is 7.40. The maximum atomic E-state index is 12.1. The first kappa shape index (κ1) is 18.1. The molecule has 5 nitrogen and oxygen atoms in total. The number of anilines is 1. The van der Waals surface area contributed by atoms with Crippen LogP contribution in [0.3, 0.4) is 0 Å². The summed E-state index contributed by atoms with van der Waals surface area (Å²) in [5.41, 5.74) is 7.59. The second-order valence-electron chi connectivity index (χ2n) is 5.47. The fourth-order valence-corrected chi connectivity index (χ4v) is 3.86. The number of carbonyl (C=O) groups is 1. The summed E-state index contributed by atoms with van der Waals surface area (Å²) in [7, 11) is 0. The molecule has 0 bridgehead atoms. The molecule has 0 aliphatic carbocycles. The first-order valence-corrected chi connectivity index (χ1v) is 9.62. The molecular formula is C16H21BrN4OS. The minimum atomic E-state index is -0.379. The molecule has 0 spiro atoms. The Morgan fingerprint density at radius 3 is 3.00 bits per heavy atom. The molecule has 7 heteroatoms. The van der Waals surface area contributed by atoms with Crippen LogP contribution < -0.4 is 11.1 Å². The van der Waals surface area contributed by atoms with Crippen LogP contribution in [0.15, 0.2) is 22.7 Å². The molecule has 3 N–H and O–H groups in total. The molecule has 0 aromatic heterocycles. The molecule has 1 unspecified atom stereocenters. The lowest BCUT2D eigenvalue weighted by atomic mass is 10.1. The van der Waals surface area contributed by atoms with E-state index in [-0.39, 0.29) is 11.9 Å². The lowest BCUT2D eigenvalue weighted by Gasteiger charge is -2.19. The molecule has 1 saturated heterocycles. The van der Waals surface area contributed by atoms with Crippen LogP contribution in [0.25, 0.3) is 0 Å². The number of nitrogens with zero attached hydrogens (tertiary/aromatic N) is 2. The smallest absolute Gasteiger partial charge is 0.240 e. The summed E-state index contributed by atoms with van der Waals surface area (Å²) in [6.07, 6.45) is 2.58. The van der Waals surface area contributed by atoms with Gasteiger partial charge in [-0.25, -0.2) is 0 Å². The zero-order valence-electron chi connectivity index (χ0n) is 12.9. The van der Waals surface area contributed by atoms with Crippen molar-refractivity contribution in [1.82, 2.24) is 4.90 Å². The van der Waals surface area contributed by atoms with E-state index in [1.807, 2.05) is 11.0 Å². The predicted octanol–water partition coefficient (Wildman–Crippen LogP) is 2.76. The first-order chi connectivity index (χ1) is 11.1. The fourth-order valence-electron chi connectivity index (χ4n) is 2.39. The molecule has 0 radical (unpaired) electrons. The van der Waals surface area contributed by atoms with Gasteiger partial charge in [0, 0.05) is 29.0 Å². The van der Waals surface area contributed by atoms with E-state index >= 15 is 0 Å². The van der Waals surface area contributed by atoms with Crippen LogP contribution in [0.1, 0.15) is 24.8 Å². The van der Waals surface area contributed by atoms with Crippen molar-refractivity contribution in [3.8, 4) is 6.07 Å². The standard InChI is InChI=1S/C16H21BrN4OS/c17-13-9-12(10-18)4-5-15(13)20-6-2-1-3-14(19)16(22)21-7-8-23-11-21/h4-5,9,14,20H,1-3,6-8,11,19H2. The first-order valence-electron chi connectivity index (χ1n) is 7.67. The third kappa shape index (κ3) is 5.41. The molecule has 1 aliphatic heterocycles. The van der Waals surface area contributed by atoms with Gasteiger partial charge in [-0.1, -0.05) is 0 Å². The molecule has 1 aromatic carbocycles. The van der Waals surface area contributed by atoms with Crippen LogP contribution in [0.4, 0.5) is 5.69 Å². The van der Waals surface area contributed by atoms with Crippen molar-refractivity contribution in [1.29, 1.82) is 5.26 Å². The van der Waals surface area contributed by atoms with E-state index in [0.717, 1.165) is 54.1 Å². The third-order valence-electron chi connectivity index (χ3n) is 3.74. The van der Waals surface area contributed by atoms with Crippen LogP contribution in [0, 0.1) is 11.3 Å². The van der Waals surface area contributed by atoms with E-state index in [9.17, 15) is 4.79 Å². The Hall–Kier alpha value is -1.23. The maximum absolute atomic E-state index is 12.1. The molecule has 1 atom stereocenters. The van der Waals surface area contributed by atoms with E-state index < -0.39 is 0 Å². The monoisotopic (exact) mass is 396 g/mol. The summed E-state index contributed by atoms with van der Waals surface area (Å²) in [6.45, 7) is 1.64. The number of hydrogen-bond donors (Lipinski definition) is 2. The molecule has 0 saturated carbocycles. The number of hydrogen-bond acceptors (Lipinski definition) is 5. The predicted molar refractivity (Wildman–Crippen MR) is 98.2 cm³/mol. The molecule has 1 amide bonds. The minimum Gasteiger partial charge on any atom is -0.384 e. The number of nitrogens with one attached hydrogen (secondary N) is 1. The van der Waals surface area contributed by atoms with E-state index in [1.54, 1.807) is 23.9 Å². The van der Waals surface area contributed by atoms with Crippen molar-refractivity contribution < 1.29 is 4.79 Å². The highest BCUT2D eigenvalue weighted by atomic mass is 79.9. The van der Waals surface area contributed by atoms with Gasteiger partial charge in [-0.15, -0.1) is 11.8 Å². The number of nitrogens with two attached hydrogens (primary N) is 1. The zero-order chi connectivity index (χ0) is 16.7. The maximum Gasteiger partial charge on any atom is 0.240 e. The van der Waals surface area contributed by atoms with Gasteiger partial charge in [0.1, 0.15) is 0 Å². The van der Waals surface area contributed by atoms with Gasteiger partial charge in [0.15, 0.2) is 0 Å². The molecule has 1 aromatic rings. The Morgan fingerprint density at radius 2 is 2.35 bits per heavy atom. The highest BCUT2D eigenvalue weighted by molar-refractivity contribution is 9.10. The van der Waals surface area contributed by atoms with Crippen molar-refractivity contribution >= 4 is 39.3 Å². The number of rotatable bonds is 7. The number of carbonyl (C=O) groups excluding carboxylic acids is 1. The van der Waals surface area contributed by atoms with Crippen LogP contribution in [0.2, 0.25) is 0 Å². The van der Waals surface area contributed by atoms with Gasteiger partial charge in [0.05, 0.1) is 23.6 Å². The minimum absolute atomic E-state index is 0.0813. The van der Waals surface area contributed by atoms with Gasteiger partial charge in [-0.2, -0.15) is 5.26 Å². The number of halogens is 1. The average molecular weight is 397 g/mol. The zero-order valence-corrected chi connectivity index (χ0v) is 15.3. The van der Waals surface area contributed by atoms with Crippen LogP contribution in [-0.4, -0.2) is 41.6 Å². The van der Waals surface area contributed by atoms with E-state index in [0.29, 0.717) is 5.56 Å². The lowest BCUT2D eigenvalue weighted by Crippen LogP contribution is -2.42. The quantitative estimate of drug-likeness (QED) is 0.692. The lowest BCUT2D eigenvalue weighted by molar-refractivity contribution is -0.131. The summed E-state index contributed by atoms with van der Waals surface area (Å²) >= 11 is 5.23. The topological polar surface area (TPSA) is 82.1 Å². The Balaban J connectivity index is 1.65. The van der Waals surface area contributed by atoms with E-state index in [2.05, 4.69) is 27.3 Å². The van der Waals surface area contributed by atoms with Crippen molar-refractivity contribution in [2.24, 2.45) is 5.73 Å². The van der Waals surface area contributed by atoms with Crippen LogP contribution >= 0.6 is 27.7 Å². The summed E-state index contributed by atoms with van der Waals surface area (Å²) in [6, 6.07) is 7.20. The normalized spacial score (nSPS) is 15.3. The third-order valence-corrected chi connectivity index (χ3v) is 5.36. The SMILES string of the molecule is N#Cc1ccc(NCCCCC(N)C(=O)N2CCSC2)c(Br)c1. The summed E-state index contributed by atoms with van der Waals surface area (Å²) in [5.74, 6) is 1.88. The average Bonchev–Trinajstić information content (AvgIpc) is 3.09. The van der Waals surface area contributed by atoms with E-state index in [1.165, 1.54) is 0 Å².